The van der Waals surface area contributed by atoms with E-state index in [0.29, 0.717) is 34.0 Å². The summed E-state index contributed by atoms with van der Waals surface area (Å²) >= 11 is 0. The highest BCUT2D eigenvalue weighted by molar-refractivity contribution is 7.92. The minimum Gasteiger partial charge on any atom is -0.322 e. The molecule has 7 nitrogen and oxygen atoms in total. The van der Waals surface area contributed by atoms with Gasteiger partial charge in [0.2, 0.25) is 10.0 Å². The minimum atomic E-state index is -3.35. The lowest BCUT2D eigenvalue weighted by molar-refractivity contribution is 0.102. The Balaban J connectivity index is 2.24. The lowest BCUT2D eigenvalue weighted by Gasteiger charge is -2.14. The van der Waals surface area contributed by atoms with E-state index in [2.05, 4.69) is 20.0 Å². The summed E-state index contributed by atoms with van der Waals surface area (Å²) in [5, 5.41) is 2.82. The Morgan fingerprint density at radius 1 is 1.23 bits per heavy atom. The molecule has 1 amide bonds. The van der Waals surface area contributed by atoms with Crippen molar-refractivity contribution >= 4 is 27.3 Å². The normalized spacial score (nSPS) is 11.5. The van der Waals surface area contributed by atoms with Crippen molar-refractivity contribution in [2.75, 3.05) is 15.8 Å². The van der Waals surface area contributed by atoms with E-state index in [-0.39, 0.29) is 17.6 Å². The van der Waals surface area contributed by atoms with Crippen LogP contribution >= 0.6 is 0 Å². The topological polar surface area (TPSA) is 101 Å². The molecule has 8 heteroatoms. The van der Waals surface area contributed by atoms with Gasteiger partial charge in [-0.3, -0.25) is 9.52 Å². The van der Waals surface area contributed by atoms with Crippen molar-refractivity contribution < 1.29 is 13.2 Å². The largest absolute Gasteiger partial charge is 0.322 e. The van der Waals surface area contributed by atoms with E-state index in [1.54, 1.807) is 39.0 Å². The predicted molar refractivity (Wildman–Crippen MR) is 103 cm³/mol. The number of aromatic nitrogens is 2. The van der Waals surface area contributed by atoms with Gasteiger partial charge in [-0.25, -0.2) is 18.4 Å². The van der Waals surface area contributed by atoms with Gasteiger partial charge in [-0.1, -0.05) is 13.8 Å². The van der Waals surface area contributed by atoms with Crippen molar-refractivity contribution in [1.82, 2.24) is 9.97 Å². The van der Waals surface area contributed by atoms with Crippen LogP contribution in [-0.4, -0.2) is 30.0 Å². The van der Waals surface area contributed by atoms with Crippen LogP contribution in [0.15, 0.2) is 24.4 Å². The van der Waals surface area contributed by atoms with E-state index >= 15 is 0 Å². The number of benzene rings is 1. The summed E-state index contributed by atoms with van der Waals surface area (Å²) in [7, 11) is -3.35. The van der Waals surface area contributed by atoms with Gasteiger partial charge in [0.05, 0.1) is 22.7 Å². The first-order valence-electron chi connectivity index (χ1n) is 8.39. The summed E-state index contributed by atoms with van der Waals surface area (Å²) in [5.74, 6) is 0.407. The van der Waals surface area contributed by atoms with Crippen LogP contribution in [0.25, 0.3) is 0 Å². The Hall–Kier alpha value is -2.48. The van der Waals surface area contributed by atoms with Gasteiger partial charge in [0, 0.05) is 11.9 Å². The number of hydrogen-bond acceptors (Lipinski definition) is 5. The Morgan fingerprint density at radius 2 is 1.92 bits per heavy atom. The monoisotopic (exact) mass is 376 g/mol. The second-order valence-electron chi connectivity index (χ2n) is 6.36. The molecule has 2 aromatic rings. The standard InChI is InChI=1S/C18H24N4O3S/c1-6-26(24,25)22-16-8-7-14(9-12(16)4)21-18(23)15-10-19-13(5)20-17(15)11(2)3/h7-11,22H,6H2,1-5H3,(H,21,23). The van der Waals surface area contributed by atoms with E-state index < -0.39 is 10.0 Å². The maximum absolute atomic E-state index is 12.6. The average Bonchev–Trinajstić information content (AvgIpc) is 2.57. The SMILES string of the molecule is CCS(=O)(=O)Nc1ccc(NC(=O)c2cnc(C)nc2C(C)C)cc1C. The average molecular weight is 376 g/mol. The maximum Gasteiger partial charge on any atom is 0.259 e. The van der Waals surface area contributed by atoms with Gasteiger partial charge < -0.3 is 5.32 Å². The summed E-state index contributed by atoms with van der Waals surface area (Å²) in [6.07, 6.45) is 1.53. The van der Waals surface area contributed by atoms with Gasteiger partial charge in [-0.15, -0.1) is 0 Å². The summed E-state index contributed by atoms with van der Waals surface area (Å²) in [4.78, 5) is 21.1. The quantitative estimate of drug-likeness (QED) is 0.806. The molecule has 1 aromatic heterocycles. The number of nitrogens with zero attached hydrogens (tertiary/aromatic N) is 2. The van der Waals surface area contributed by atoms with Crippen LogP contribution in [-0.2, 0) is 10.0 Å². The van der Waals surface area contributed by atoms with Crippen LogP contribution in [0.5, 0.6) is 0 Å². The maximum atomic E-state index is 12.6. The molecule has 0 radical (unpaired) electrons. The van der Waals surface area contributed by atoms with Crippen molar-refractivity contribution in [3.8, 4) is 0 Å². The van der Waals surface area contributed by atoms with Gasteiger partial charge in [-0.05, 0) is 50.5 Å². The first kappa shape index (κ1) is 19.8. The van der Waals surface area contributed by atoms with Gasteiger partial charge in [0.25, 0.3) is 5.91 Å². The Morgan fingerprint density at radius 3 is 2.50 bits per heavy atom. The number of rotatable bonds is 6. The van der Waals surface area contributed by atoms with Crippen molar-refractivity contribution in [1.29, 1.82) is 0 Å². The zero-order valence-corrected chi connectivity index (χ0v) is 16.4. The molecular formula is C18H24N4O3S. The zero-order valence-electron chi connectivity index (χ0n) is 15.6. The summed E-state index contributed by atoms with van der Waals surface area (Å²) < 4.78 is 25.9. The number of aryl methyl sites for hydroxylation is 2. The molecule has 0 aliphatic heterocycles. The number of nitrogens with one attached hydrogen (secondary N) is 2. The Labute approximate surface area is 154 Å². The van der Waals surface area contributed by atoms with E-state index in [1.165, 1.54) is 6.20 Å². The lowest BCUT2D eigenvalue weighted by Crippen LogP contribution is -2.18. The smallest absolute Gasteiger partial charge is 0.259 e. The van der Waals surface area contributed by atoms with E-state index in [0.717, 1.165) is 0 Å². The molecule has 0 spiro atoms. The lowest BCUT2D eigenvalue weighted by atomic mass is 10.0. The number of sulfonamides is 1. The van der Waals surface area contributed by atoms with Crippen molar-refractivity contribution in [2.24, 2.45) is 0 Å². The zero-order chi connectivity index (χ0) is 19.5. The second kappa shape index (κ2) is 7.82. The highest BCUT2D eigenvalue weighted by Crippen LogP contribution is 2.23. The molecule has 0 aliphatic rings. The third kappa shape index (κ3) is 4.78. The molecular weight excluding hydrogens is 352 g/mol. The molecule has 0 aliphatic carbocycles. The third-order valence-electron chi connectivity index (χ3n) is 3.86. The molecule has 0 bridgehead atoms. The molecule has 2 rings (SSSR count). The fraction of sp³-hybridized carbons (Fsp3) is 0.389. The van der Waals surface area contributed by atoms with Gasteiger partial charge in [0.15, 0.2) is 0 Å². The number of anilines is 2. The highest BCUT2D eigenvalue weighted by Gasteiger charge is 2.17. The van der Waals surface area contributed by atoms with Gasteiger partial charge in [-0.2, -0.15) is 0 Å². The number of hydrogen-bond donors (Lipinski definition) is 2. The highest BCUT2D eigenvalue weighted by atomic mass is 32.2. The molecule has 0 saturated heterocycles. The van der Waals surface area contributed by atoms with E-state index in [4.69, 9.17) is 0 Å². The second-order valence-corrected chi connectivity index (χ2v) is 8.37. The molecule has 2 N–H and O–H groups in total. The van der Waals surface area contributed by atoms with Crippen LogP contribution in [0.2, 0.25) is 0 Å². The summed E-state index contributed by atoms with van der Waals surface area (Å²) in [5.41, 5.74) is 2.90. The molecule has 0 unspecified atom stereocenters. The number of amides is 1. The molecule has 0 saturated carbocycles. The van der Waals surface area contributed by atoms with Crippen LogP contribution in [0, 0.1) is 13.8 Å². The molecule has 1 aromatic carbocycles. The fourth-order valence-corrected chi connectivity index (χ4v) is 3.11. The van der Waals surface area contributed by atoms with Crippen LogP contribution < -0.4 is 10.0 Å². The van der Waals surface area contributed by atoms with E-state index in [1.807, 2.05) is 13.8 Å². The third-order valence-corrected chi connectivity index (χ3v) is 5.15. The van der Waals surface area contributed by atoms with Crippen LogP contribution in [0.4, 0.5) is 11.4 Å². The van der Waals surface area contributed by atoms with Crippen LogP contribution in [0.3, 0.4) is 0 Å². The first-order chi connectivity index (χ1) is 12.1. The minimum absolute atomic E-state index is 0.00364. The van der Waals surface area contributed by atoms with E-state index in [9.17, 15) is 13.2 Å². The molecule has 0 atom stereocenters. The molecule has 0 fully saturated rings. The van der Waals surface area contributed by atoms with Gasteiger partial charge >= 0.3 is 0 Å². The van der Waals surface area contributed by atoms with Crippen molar-refractivity contribution in [3.63, 3.8) is 0 Å². The fourth-order valence-electron chi connectivity index (χ4n) is 2.40. The predicted octanol–water partition coefficient (Wildman–Crippen LogP) is 3.23. The van der Waals surface area contributed by atoms with Crippen molar-refractivity contribution in [2.45, 2.75) is 40.5 Å². The molecule has 26 heavy (non-hydrogen) atoms. The number of carbonyl (C=O) groups is 1. The number of carbonyl (C=O) groups excluding carboxylic acids is 1. The van der Waals surface area contributed by atoms with Gasteiger partial charge in [0.1, 0.15) is 5.82 Å². The van der Waals surface area contributed by atoms with Crippen molar-refractivity contribution in [3.05, 3.63) is 47.0 Å². The Bertz CT molecular complexity index is 924. The first-order valence-corrected chi connectivity index (χ1v) is 10.0. The van der Waals surface area contributed by atoms with Crippen LogP contribution in [0.1, 0.15) is 54.1 Å². The molecule has 140 valence electrons. The Kier molecular flexibility index (Phi) is 5.97. The summed E-state index contributed by atoms with van der Waals surface area (Å²) in [6.45, 7) is 9.07. The summed E-state index contributed by atoms with van der Waals surface area (Å²) in [6, 6.07) is 5.01. The molecule has 1 heterocycles.